The van der Waals surface area contributed by atoms with Crippen LogP contribution in [0.4, 0.5) is 0 Å². The first-order valence-corrected chi connectivity index (χ1v) is 38.9. The number of ether oxygens (including phenoxy) is 4. The number of aliphatic hydroxyl groups excluding tert-OH is 1. The van der Waals surface area contributed by atoms with E-state index in [4.69, 9.17) is 37.0 Å². The maximum absolute atomic E-state index is 13.0. The first-order valence-electron chi connectivity index (χ1n) is 35.9. The van der Waals surface area contributed by atoms with Gasteiger partial charge in [0.05, 0.1) is 26.4 Å². The van der Waals surface area contributed by atoms with Crippen LogP contribution in [-0.2, 0) is 65.4 Å². The fraction of sp³-hybridized carbons (Fsp3) is 0.942. The van der Waals surface area contributed by atoms with Crippen LogP contribution in [0.1, 0.15) is 344 Å². The van der Waals surface area contributed by atoms with Crippen molar-refractivity contribution in [1.82, 2.24) is 0 Å². The molecule has 0 aliphatic rings. The topological polar surface area (TPSA) is 237 Å². The summed E-state index contributed by atoms with van der Waals surface area (Å²) in [6.07, 6.45) is 43.3. The van der Waals surface area contributed by atoms with Crippen LogP contribution in [0.2, 0.25) is 0 Å². The number of rotatable bonds is 67. The number of esters is 4. The summed E-state index contributed by atoms with van der Waals surface area (Å²) >= 11 is 0. The maximum atomic E-state index is 13.0. The molecule has 0 aromatic heterocycles. The van der Waals surface area contributed by atoms with E-state index in [1.165, 1.54) is 141 Å². The van der Waals surface area contributed by atoms with Crippen LogP contribution in [0, 0.1) is 17.8 Å². The van der Waals surface area contributed by atoms with Gasteiger partial charge in [-0.05, 0) is 43.4 Å². The Labute approximate surface area is 537 Å². The van der Waals surface area contributed by atoms with Crippen molar-refractivity contribution in [3.05, 3.63) is 0 Å². The number of carbonyl (C=O) groups excluding carboxylic acids is 4. The predicted octanol–water partition coefficient (Wildman–Crippen LogP) is 19.5. The molecule has 19 heteroatoms. The number of phosphoric acid groups is 2. The van der Waals surface area contributed by atoms with Gasteiger partial charge in [0.15, 0.2) is 12.2 Å². The Bertz CT molecular complexity index is 1730. The minimum Gasteiger partial charge on any atom is -0.462 e. The highest BCUT2D eigenvalue weighted by molar-refractivity contribution is 7.47. The highest BCUT2D eigenvalue weighted by atomic mass is 31.2. The first kappa shape index (κ1) is 86.1. The van der Waals surface area contributed by atoms with E-state index in [0.717, 1.165) is 115 Å². The summed E-state index contributed by atoms with van der Waals surface area (Å²) in [7, 11) is -9.89. The molecule has 3 unspecified atom stereocenters. The second-order valence-electron chi connectivity index (χ2n) is 26.1. The molecule has 0 aliphatic carbocycles. The number of aliphatic hydroxyl groups is 1. The van der Waals surface area contributed by atoms with Crippen LogP contribution >= 0.6 is 15.6 Å². The summed E-state index contributed by atoms with van der Waals surface area (Å²) in [6, 6.07) is 0. The Morgan fingerprint density at radius 2 is 0.580 bits per heavy atom. The Kier molecular flexibility index (Phi) is 58.7. The summed E-state index contributed by atoms with van der Waals surface area (Å²) in [6.45, 7) is 11.7. The quantitative estimate of drug-likeness (QED) is 0.0222. The van der Waals surface area contributed by atoms with E-state index >= 15 is 0 Å². The van der Waals surface area contributed by atoms with Crippen molar-refractivity contribution in [2.24, 2.45) is 17.8 Å². The molecule has 6 atom stereocenters. The van der Waals surface area contributed by atoms with Crippen LogP contribution in [0.3, 0.4) is 0 Å². The minimum absolute atomic E-state index is 0.105. The lowest BCUT2D eigenvalue weighted by molar-refractivity contribution is -0.161. The number of carbonyl (C=O) groups is 4. The van der Waals surface area contributed by atoms with Crippen molar-refractivity contribution in [2.45, 2.75) is 362 Å². The van der Waals surface area contributed by atoms with Gasteiger partial charge in [-0.15, -0.1) is 0 Å². The van der Waals surface area contributed by atoms with E-state index in [0.29, 0.717) is 31.6 Å². The zero-order valence-electron chi connectivity index (χ0n) is 57.2. The van der Waals surface area contributed by atoms with Gasteiger partial charge in [0.25, 0.3) is 0 Å². The molecule has 0 bridgehead atoms. The molecule has 0 spiro atoms. The van der Waals surface area contributed by atoms with E-state index in [1.807, 2.05) is 0 Å². The Morgan fingerprint density at radius 3 is 0.864 bits per heavy atom. The molecule has 0 aromatic carbocycles. The monoisotopic (exact) mass is 1300 g/mol. The molecule has 0 heterocycles. The predicted molar refractivity (Wildman–Crippen MR) is 354 cm³/mol. The van der Waals surface area contributed by atoms with Gasteiger partial charge >= 0.3 is 39.5 Å². The van der Waals surface area contributed by atoms with Crippen LogP contribution in [0.5, 0.6) is 0 Å². The third-order valence-corrected chi connectivity index (χ3v) is 18.1. The number of hydrogen-bond donors (Lipinski definition) is 3. The molecule has 0 aliphatic heterocycles. The van der Waals surface area contributed by atoms with Gasteiger partial charge in [0.1, 0.15) is 19.3 Å². The molecular formula is C69H134O17P2. The second-order valence-corrected chi connectivity index (χ2v) is 29.0. The first-order chi connectivity index (χ1) is 42.3. The Morgan fingerprint density at radius 1 is 0.330 bits per heavy atom. The molecule has 0 radical (unpaired) electrons. The van der Waals surface area contributed by atoms with E-state index in [-0.39, 0.29) is 25.7 Å². The lowest BCUT2D eigenvalue weighted by Gasteiger charge is -2.21. The van der Waals surface area contributed by atoms with Crippen LogP contribution in [0.25, 0.3) is 0 Å². The Balaban J connectivity index is 5.18. The van der Waals surface area contributed by atoms with Crippen molar-refractivity contribution < 1.29 is 80.2 Å². The molecule has 522 valence electrons. The van der Waals surface area contributed by atoms with Crippen molar-refractivity contribution in [3.63, 3.8) is 0 Å². The van der Waals surface area contributed by atoms with Gasteiger partial charge in [0, 0.05) is 25.7 Å². The van der Waals surface area contributed by atoms with Crippen molar-refractivity contribution in [2.75, 3.05) is 39.6 Å². The fourth-order valence-corrected chi connectivity index (χ4v) is 11.9. The van der Waals surface area contributed by atoms with Gasteiger partial charge in [-0.2, -0.15) is 0 Å². The normalized spacial score (nSPS) is 14.5. The van der Waals surface area contributed by atoms with Gasteiger partial charge in [0.2, 0.25) is 0 Å². The lowest BCUT2D eigenvalue weighted by atomic mass is 10.00. The van der Waals surface area contributed by atoms with E-state index in [1.54, 1.807) is 0 Å². The van der Waals surface area contributed by atoms with E-state index in [2.05, 4.69) is 48.5 Å². The molecule has 0 fully saturated rings. The highest BCUT2D eigenvalue weighted by Gasteiger charge is 2.30. The molecule has 17 nitrogen and oxygen atoms in total. The van der Waals surface area contributed by atoms with E-state index < -0.39 is 97.5 Å². The number of hydrogen-bond acceptors (Lipinski definition) is 15. The van der Waals surface area contributed by atoms with E-state index in [9.17, 15) is 43.2 Å². The SMILES string of the molecule is CCCCCCCCCCCCC(=O)O[C@H](COC(=O)CCCCCCCCC(C)C)COP(=O)(O)OC[C@H](O)COP(=O)(O)OC[C@@H](COC(=O)CCCCCCCCC(C)CC)OC(=O)CCCCCCCCCCCCCCCCCCC(C)C. The van der Waals surface area contributed by atoms with Gasteiger partial charge in [-0.25, -0.2) is 9.13 Å². The molecular weight excluding hydrogens is 1160 g/mol. The van der Waals surface area contributed by atoms with Crippen LogP contribution in [0.15, 0.2) is 0 Å². The summed E-state index contributed by atoms with van der Waals surface area (Å²) in [4.78, 5) is 72.4. The highest BCUT2D eigenvalue weighted by Crippen LogP contribution is 2.45. The van der Waals surface area contributed by atoms with Gasteiger partial charge in [-0.1, -0.05) is 292 Å². The molecule has 0 saturated carbocycles. The number of phosphoric ester groups is 2. The van der Waals surface area contributed by atoms with Gasteiger partial charge < -0.3 is 33.8 Å². The molecule has 0 aromatic rings. The third-order valence-electron chi connectivity index (χ3n) is 16.2. The van der Waals surface area contributed by atoms with Crippen molar-refractivity contribution in [1.29, 1.82) is 0 Å². The van der Waals surface area contributed by atoms with Crippen LogP contribution < -0.4 is 0 Å². The zero-order valence-corrected chi connectivity index (χ0v) is 59.0. The zero-order chi connectivity index (χ0) is 65.2. The minimum atomic E-state index is -4.95. The largest absolute Gasteiger partial charge is 0.472 e. The summed E-state index contributed by atoms with van der Waals surface area (Å²) in [5.41, 5.74) is 0. The Hall–Kier alpha value is -1.94. The average Bonchev–Trinajstić information content (AvgIpc) is 3.53. The molecule has 0 amide bonds. The number of unbranched alkanes of at least 4 members (excludes halogenated alkanes) is 34. The summed E-state index contributed by atoms with van der Waals surface area (Å²) in [5.74, 6) is 0.0883. The second kappa shape index (κ2) is 60.0. The smallest absolute Gasteiger partial charge is 0.462 e. The third kappa shape index (κ3) is 61.6. The molecule has 0 saturated heterocycles. The fourth-order valence-electron chi connectivity index (χ4n) is 10.3. The van der Waals surface area contributed by atoms with Crippen molar-refractivity contribution in [3.8, 4) is 0 Å². The molecule has 0 rings (SSSR count). The van der Waals surface area contributed by atoms with Crippen LogP contribution in [-0.4, -0.2) is 96.7 Å². The standard InChI is InChI=1S/C69H134O17P2/c1-8-10-11-12-13-14-24-27-38-45-52-68(73)85-64(56-79-66(71)50-43-36-31-29-34-41-48-61(5)6)58-83-87(75,76)81-54-63(70)55-82-88(77,78)84-59-65(57-80-67(72)51-44-37-32-30-35-42-49-62(7)9-2)86-69(74)53-46-39-28-25-22-20-18-16-15-17-19-21-23-26-33-40-47-60(3)4/h60-65,70H,8-59H2,1-7H3,(H,75,76)(H,77,78)/t62?,63-,64+,65+/m0/s1. The average molecular weight is 1300 g/mol. The van der Waals surface area contributed by atoms with Gasteiger partial charge in [-0.3, -0.25) is 37.3 Å². The maximum Gasteiger partial charge on any atom is 0.472 e. The summed E-state index contributed by atoms with van der Waals surface area (Å²) < 4.78 is 68.1. The van der Waals surface area contributed by atoms with Crippen molar-refractivity contribution >= 4 is 39.5 Å². The molecule has 88 heavy (non-hydrogen) atoms. The summed E-state index contributed by atoms with van der Waals surface area (Å²) in [5, 5.41) is 10.6. The molecule has 3 N–H and O–H groups in total. The lowest BCUT2D eigenvalue weighted by Crippen LogP contribution is -2.30.